The molecule has 0 bridgehead atoms. The maximum Gasteiger partial charge on any atom is 0.451 e. The number of hydrogen-bond donors (Lipinski definition) is 1. The van der Waals surface area contributed by atoms with Crippen LogP contribution in [0.4, 0.5) is 23.4 Å². The predicted octanol–water partition coefficient (Wildman–Crippen LogP) is 4.78. The fourth-order valence-electron chi connectivity index (χ4n) is 3.06. The average Bonchev–Trinajstić information content (AvgIpc) is 2.49. The average molecular weight is 327 g/mol. The van der Waals surface area contributed by atoms with Crippen LogP contribution in [0.25, 0.3) is 10.9 Å². The number of hydrogen-bond acceptors (Lipinski definition) is 3. The van der Waals surface area contributed by atoms with E-state index in [0.29, 0.717) is 5.92 Å². The summed E-state index contributed by atoms with van der Waals surface area (Å²) >= 11 is 0. The smallest absolute Gasteiger partial charge is 0.366 e. The lowest BCUT2D eigenvalue weighted by atomic mass is 9.86. The van der Waals surface area contributed by atoms with Gasteiger partial charge in [0, 0.05) is 11.4 Å². The third-order valence-electron chi connectivity index (χ3n) is 4.36. The van der Waals surface area contributed by atoms with E-state index in [1.54, 1.807) is 0 Å². The summed E-state index contributed by atoms with van der Waals surface area (Å²) in [5.41, 5.74) is -0.305. The first-order chi connectivity index (χ1) is 10.9. The van der Waals surface area contributed by atoms with E-state index in [2.05, 4.69) is 22.2 Å². The normalized spacial score (nSPS) is 22.3. The molecule has 1 saturated carbocycles. The van der Waals surface area contributed by atoms with Crippen molar-refractivity contribution in [1.82, 2.24) is 9.97 Å². The standard InChI is InChI=1S/C16H17F4N3/c1-9-5-2-3-8-12(9)21-14-10-6-4-7-11(17)13(10)22-15(23-14)16(18,19)20/h4,6-7,9,12H,2-3,5,8H2,1H3,(H,21,22,23). The van der Waals surface area contributed by atoms with Crippen LogP contribution >= 0.6 is 0 Å². The van der Waals surface area contributed by atoms with E-state index in [1.807, 2.05) is 0 Å². The SMILES string of the molecule is CC1CCCCC1Nc1nc(C(F)(F)F)nc2c(F)cccc12. The van der Waals surface area contributed by atoms with E-state index in [9.17, 15) is 17.6 Å². The van der Waals surface area contributed by atoms with Crippen LogP contribution < -0.4 is 5.32 Å². The molecular weight excluding hydrogens is 310 g/mol. The van der Waals surface area contributed by atoms with E-state index in [1.165, 1.54) is 12.1 Å². The Morgan fingerprint density at radius 3 is 2.57 bits per heavy atom. The molecule has 1 fully saturated rings. The molecule has 0 spiro atoms. The van der Waals surface area contributed by atoms with E-state index >= 15 is 0 Å². The number of aromatic nitrogens is 2. The summed E-state index contributed by atoms with van der Waals surface area (Å²) < 4.78 is 52.9. The highest BCUT2D eigenvalue weighted by molar-refractivity contribution is 5.89. The highest BCUT2D eigenvalue weighted by atomic mass is 19.4. The lowest BCUT2D eigenvalue weighted by Gasteiger charge is -2.30. The minimum absolute atomic E-state index is 0.0335. The molecule has 0 radical (unpaired) electrons. The fourth-order valence-corrected chi connectivity index (χ4v) is 3.06. The Morgan fingerprint density at radius 2 is 1.87 bits per heavy atom. The van der Waals surface area contributed by atoms with Gasteiger partial charge in [0.25, 0.3) is 0 Å². The Bertz CT molecular complexity index is 714. The van der Waals surface area contributed by atoms with Gasteiger partial charge in [-0.25, -0.2) is 14.4 Å². The Kier molecular flexibility index (Phi) is 4.12. The van der Waals surface area contributed by atoms with Crippen molar-refractivity contribution < 1.29 is 17.6 Å². The monoisotopic (exact) mass is 327 g/mol. The quantitative estimate of drug-likeness (QED) is 0.807. The number of alkyl halides is 3. The molecule has 124 valence electrons. The van der Waals surface area contributed by atoms with Crippen molar-refractivity contribution in [2.75, 3.05) is 5.32 Å². The van der Waals surface area contributed by atoms with Gasteiger partial charge in [0.2, 0.25) is 5.82 Å². The molecule has 2 atom stereocenters. The Hall–Kier alpha value is -1.92. The Balaban J connectivity index is 2.08. The first-order valence-electron chi connectivity index (χ1n) is 7.66. The van der Waals surface area contributed by atoms with Gasteiger partial charge in [-0.2, -0.15) is 13.2 Å². The maximum absolute atomic E-state index is 13.9. The summed E-state index contributed by atoms with van der Waals surface area (Å²) in [5.74, 6) is -1.71. The molecule has 0 aliphatic heterocycles. The summed E-state index contributed by atoms with van der Waals surface area (Å²) in [6, 6.07) is 4.12. The van der Waals surface area contributed by atoms with Crippen molar-refractivity contribution in [2.24, 2.45) is 5.92 Å². The fraction of sp³-hybridized carbons (Fsp3) is 0.500. The van der Waals surface area contributed by atoms with Crippen LogP contribution in [0.5, 0.6) is 0 Å². The van der Waals surface area contributed by atoms with Gasteiger partial charge in [0.05, 0.1) is 0 Å². The molecule has 2 aromatic rings. The number of nitrogens with one attached hydrogen (secondary N) is 1. The lowest BCUT2D eigenvalue weighted by Crippen LogP contribution is -2.31. The van der Waals surface area contributed by atoms with Crippen LogP contribution in [0.1, 0.15) is 38.4 Å². The largest absolute Gasteiger partial charge is 0.451 e. The zero-order chi connectivity index (χ0) is 16.6. The van der Waals surface area contributed by atoms with Gasteiger partial charge in [0.1, 0.15) is 17.2 Å². The highest BCUT2D eigenvalue weighted by Crippen LogP contribution is 2.33. The van der Waals surface area contributed by atoms with Gasteiger partial charge in [-0.15, -0.1) is 0 Å². The van der Waals surface area contributed by atoms with Crippen molar-refractivity contribution in [3.8, 4) is 0 Å². The molecule has 1 aliphatic carbocycles. The number of fused-ring (bicyclic) bond motifs is 1. The maximum atomic E-state index is 13.9. The van der Waals surface area contributed by atoms with Gasteiger partial charge < -0.3 is 5.32 Å². The number of rotatable bonds is 2. The molecule has 23 heavy (non-hydrogen) atoms. The third kappa shape index (κ3) is 3.23. The molecule has 1 aromatic carbocycles. The van der Waals surface area contributed by atoms with Gasteiger partial charge in [-0.3, -0.25) is 0 Å². The zero-order valence-corrected chi connectivity index (χ0v) is 12.6. The predicted molar refractivity (Wildman–Crippen MR) is 79.5 cm³/mol. The van der Waals surface area contributed by atoms with E-state index in [0.717, 1.165) is 31.7 Å². The molecule has 3 rings (SSSR count). The molecule has 0 amide bonds. The van der Waals surface area contributed by atoms with E-state index in [-0.39, 0.29) is 22.8 Å². The second-order valence-corrected chi connectivity index (χ2v) is 6.04. The molecule has 3 nitrogen and oxygen atoms in total. The van der Waals surface area contributed by atoms with Crippen molar-refractivity contribution in [2.45, 2.75) is 44.8 Å². The first-order valence-corrected chi connectivity index (χ1v) is 7.66. The van der Waals surface area contributed by atoms with Gasteiger partial charge >= 0.3 is 6.18 Å². The second-order valence-electron chi connectivity index (χ2n) is 6.04. The molecule has 0 saturated heterocycles. The number of benzene rings is 1. The molecule has 1 aromatic heterocycles. The number of nitrogens with zero attached hydrogens (tertiary/aromatic N) is 2. The van der Waals surface area contributed by atoms with Crippen LogP contribution in [0, 0.1) is 11.7 Å². The molecule has 1 aliphatic rings. The summed E-state index contributed by atoms with van der Waals surface area (Å²) in [6.45, 7) is 2.06. The highest BCUT2D eigenvalue weighted by Gasteiger charge is 2.36. The van der Waals surface area contributed by atoms with Crippen molar-refractivity contribution >= 4 is 16.7 Å². The molecule has 7 heteroatoms. The lowest BCUT2D eigenvalue weighted by molar-refractivity contribution is -0.144. The van der Waals surface area contributed by atoms with Gasteiger partial charge in [-0.05, 0) is 30.9 Å². The molecule has 2 unspecified atom stereocenters. The van der Waals surface area contributed by atoms with Crippen molar-refractivity contribution in [3.05, 3.63) is 29.8 Å². The topological polar surface area (TPSA) is 37.8 Å². The Labute approximate surface area is 131 Å². The zero-order valence-electron chi connectivity index (χ0n) is 12.6. The molecule has 1 heterocycles. The molecule has 1 N–H and O–H groups in total. The van der Waals surface area contributed by atoms with Crippen LogP contribution in [0.3, 0.4) is 0 Å². The van der Waals surface area contributed by atoms with E-state index in [4.69, 9.17) is 0 Å². The van der Waals surface area contributed by atoms with E-state index < -0.39 is 17.8 Å². The van der Waals surface area contributed by atoms with Crippen LogP contribution in [-0.4, -0.2) is 16.0 Å². The summed E-state index contributed by atoms with van der Waals surface area (Å²) in [5, 5.41) is 3.37. The number of para-hydroxylation sites is 1. The van der Waals surface area contributed by atoms with Crippen molar-refractivity contribution in [1.29, 1.82) is 0 Å². The van der Waals surface area contributed by atoms with Gasteiger partial charge in [-0.1, -0.05) is 25.8 Å². The number of anilines is 1. The number of halogens is 4. The van der Waals surface area contributed by atoms with Crippen LogP contribution in [0.15, 0.2) is 18.2 Å². The second kappa shape index (κ2) is 5.94. The minimum atomic E-state index is -4.72. The Morgan fingerprint density at radius 1 is 1.13 bits per heavy atom. The third-order valence-corrected chi connectivity index (χ3v) is 4.36. The van der Waals surface area contributed by atoms with Crippen molar-refractivity contribution in [3.63, 3.8) is 0 Å². The summed E-state index contributed by atoms with van der Waals surface area (Å²) in [6.07, 6.45) is -0.701. The summed E-state index contributed by atoms with van der Waals surface area (Å²) in [4.78, 5) is 7.00. The first kappa shape index (κ1) is 16.0. The molecular formula is C16H17F4N3. The minimum Gasteiger partial charge on any atom is -0.366 e. The summed E-state index contributed by atoms with van der Waals surface area (Å²) in [7, 11) is 0. The van der Waals surface area contributed by atoms with Crippen LogP contribution in [-0.2, 0) is 6.18 Å². The van der Waals surface area contributed by atoms with Gasteiger partial charge in [0.15, 0.2) is 0 Å². The van der Waals surface area contributed by atoms with Crippen LogP contribution in [0.2, 0.25) is 0 Å².